The summed E-state index contributed by atoms with van der Waals surface area (Å²) in [7, 11) is -4.39. The normalized spacial score (nSPS) is 36.3. The Morgan fingerprint density at radius 1 is 1.04 bits per heavy atom. The zero-order chi connectivity index (χ0) is 16.4. The van der Waals surface area contributed by atoms with Crippen molar-refractivity contribution in [1.29, 1.82) is 0 Å². The predicted molar refractivity (Wildman–Crippen MR) is 82.6 cm³/mol. The van der Waals surface area contributed by atoms with Crippen LogP contribution in [0.1, 0.15) is 27.7 Å². The van der Waals surface area contributed by atoms with E-state index in [2.05, 4.69) is 4.18 Å². The maximum Gasteiger partial charge on any atom is 1.00 e. The summed E-state index contributed by atoms with van der Waals surface area (Å²) in [5.74, 6) is -3.26. The quantitative estimate of drug-likeness (QED) is 0.407. The van der Waals surface area contributed by atoms with Crippen molar-refractivity contribution in [2.75, 3.05) is 13.2 Å². The fourth-order valence-corrected chi connectivity index (χ4v) is 3.43. The molecule has 14 heteroatoms. The zero-order valence-corrected chi connectivity index (χ0v) is 18.1. The molecule has 3 aliphatic heterocycles. The molecular formula is C12H26NNaO11S. The standard InChI is InChI=1S/C12H20NO8S.Na.3H2O/c1-10(2)18-7-5-16-12(6-17-22(13,14)15)9(8(7)19-10)20-11(3,4)21-12;;;;/h7-9H,5-6H2,1-4H3,(H-,13,14,15);;3*1H2/q-1;+1;;;/t7-,8-,9+,12+;;;;/m1..../s1. The third-order valence-corrected chi connectivity index (χ3v) is 4.12. The molecule has 3 saturated heterocycles. The van der Waals surface area contributed by atoms with Gasteiger partial charge in [0.1, 0.15) is 24.9 Å². The first-order chi connectivity index (χ1) is 9.92. The summed E-state index contributed by atoms with van der Waals surface area (Å²) < 4.78 is 55.5. The van der Waals surface area contributed by atoms with Crippen molar-refractivity contribution in [1.82, 2.24) is 0 Å². The van der Waals surface area contributed by atoms with E-state index in [0.29, 0.717) is 0 Å². The average Bonchev–Trinajstić information content (AvgIpc) is 2.78. The van der Waals surface area contributed by atoms with Gasteiger partial charge in [-0.1, -0.05) is 0 Å². The van der Waals surface area contributed by atoms with Crippen LogP contribution < -0.4 is 29.6 Å². The van der Waals surface area contributed by atoms with Crippen LogP contribution >= 0.6 is 0 Å². The minimum atomic E-state index is -4.39. The molecule has 0 spiro atoms. The number of hydrogen-bond acceptors (Lipinski definition) is 8. The molecule has 0 unspecified atom stereocenters. The second-order valence-corrected chi connectivity index (χ2v) is 7.66. The topological polar surface area (TPSA) is 208 Å². The molecule has 0 aromatic heterocycles. The Morgan fingerprint density at radius 2 is 1.62 bits per heavy atom. The molecule has 0 radical (unpaired) electrons. The third-order valence-electron chi connectivity index (χ3n) is 3.69. The van der Waals surface area contributed by atoms with Crippen LogP contribution in [-0.2, 0) is 38.2 Å². The molecule has 4 atom stereocenters. The van der Waals surface area contributed by atoms with Gasteiger partial charge >= 0.3 is 29.6 Å². The molecule has 152 valence electrons. The van der Waals surface area contributed by atoms with Crippen molar-refractivity contribution in [3.8, 4) is 0 Å². The van der Waals surface area contributed by atoms with Crippen LogP contribution in [0.3, 0.4) is 0 Å². The summed E-state index contributed by atoms with van der Waals surface area (Å²) in [6.07, 6.45) is -1.56. The van der Waals surface area contributed by atoms with E-state index in [4.69, 9.17) is 28.8 Å². The summed E-state index contributed by atoms with van der Waals surface area (Å²) in [6.45, 7) is 6.58. The van der Waals surface area contributed by atoms with Gasteiger partial charge in [-0.15, -0.1) is 0 Å². The van der Waals surface area contributed by atoms with Crippen molar-refractivity contribution in [3.63, 3.8) is 0 Å². The van der Waals surface area contributed by atoms with Crippen LogP contribution in [0.2, 0.25) is 0 Å². The van der Waals surface area contributed by atoms with E-state index in [1.165, 1.54) is 0 Å². The number of fused-ring (bicyclic) bond motifs is 3. The monoisotopic (exact) mass is 415 g/mol. The van der Waals surface area contributed by atoms with E-state index in [1.807, 2.05) is 0 Å². The molecule has 3 heterocycles. The molecule has 0 bridgehead atoms. The Balaban J connectivity index is 0. The minimum Gasteiger partial charge on any atom is -0.540 e. The molecule has 0 aromatic rings. The summed E-state index contributed by atoms with van der Waals surface area (Å²) in [6, 6.07) is 0. The van der Waals surface area contributed by atoms with Crippen LogP contribution in [0.15, 0.2) is 0 Å². The largest absolute Gasteiger partial charge is 1.00 e. The molecule has 0 amide bonds. The summed E-state index contributed by atoms with van der Waals surface area (Å²) in [5.41, 5.74) is 0. The smallest absolute Gasteiger partial charge is 0.540 e. The maximum atomic E-state index is 11.0. The molecule has 0 saturated carbocycles. The van der Waals surface area contributed by atoms with Crippen molar-refractivity contribution >= 4 is 10.3 Å². The first-order valence-electron chi connectivity index (χ1n) is 6.93. The Hall–Kier alpha value is 0.550. The average molecular weight is 415 g/mol. The molecule has 0 aromatic carbocycles. The van der Waals surface area contributed by atoms with E-state index in [9.17, 15) is 8.42 Å². The van der Waals surface area contributed by atoms with Gasteiger partial charge in [-0.3, -0.25) is 4.18 Å². The minimum absolute atomic E-state index is 0. The van der Waals surface area contributed by atoms with E-state index < -0.39 is 46.5 Å². The Kier molecular flexibility index (Phi) is 9.87. The van der Waals surface area contributed by atoms with Crippen LogP contribution in [-0.4, -0.2) is 73.7 Å². The van der Waals surface area contributed by atoms with Gasteiger partial charge in [-0.2, -0.15) is 0 Å². The molecule has 12 nitrogen and oxygen atoms in total. The van der Waals surface area contributed by atoms with Crippen molar-refractivity contribution in [2.45, 2.75) is 63.4 Å². The van der Waals surface area contributed by atoms with Crippen LogP contribution in [0.25, 0.3) is 5.14 Å². The van der Waals surface area contributed by atoms with Crippen LogP contribution in [0.4, 0.5) is 0 Å². The van der Waals surface area contributed by atoms with Gasteiger partial charge in [0.15, 0.2) is 21.9 Å². The van der Waals surface area contributed by atoms with E-state index in [0.717, 1.165) is 0 Å². The molecule has 7 N–H and O–H groups in total. The van der Waals surface area contributed by atoms with E-state index in [-0.39, 0.29) is 58.7 Å². The van der Waals surface area contributed by atoms with E-state index in [1.54, 1.807) is 27.7 Å². The summed E-state index contributed by atoms with van der Waals surface area (Å²) >= 11 is 0. The van der Waals surface area contributed by atoms with Gasteiger partial charge in [0, 0.05) is 0 Å². The van der Waals surface area contributed by atoms with Crippen LogP contribution in [0.5, 0.6) is 0 Å². The SMILES string of the molecule is CC1(C)O[C@@H]2[C@@H](CO[C@@]3(COS([NH-])(=O)=O)OC(C)(C)O[C@@H]23)O1.O.O.O.[Na+]. The second kappa shape index (κ2) is 8.92. The molecule has 3 aliphatic rings. The first kappa shape index (κ1) is 28.8. The molecule has 0 aliphatic carbocycles. The van der Waals surface area contributed by atoms with Crippen molar-refractivity contribution in [3.05, 3.63) is 5.14 Å². The molecule has 26 heavy (non-hydrogen) atoms. The Bertz CT molecular complexity index is 572. The molecule has 3 fully saturated rings. The Morgan fingerprint density at radius 3 is 2.15 bits per heavy atom. The van der Waals surface area contributed by atoms with Gasteiger partial charge in [0.2, 0.25) is 5.79 Å². The van der Waals surface area contributed by atoms with Crippen molar-refractivity contribution in [2.24, 2.45) is 0 Å². The van der Waals surface area contributed by atoms with Crippen molar-refractivity contribution < 1.29 is 82.3 Å². The number of nitrogens with one attached hydrogen (secondary N) is 1. The zero-order valence-electron chi connectivity index (χ0n) is 15.3. The third kappa shape index (κ3) is 5.78. The second-order valence-electron chi connectivity index (χ2n) is 6.52. The van der Waals surface area contributed by atoms with Gasteiger partial charge in [-0.05, 0) is 27.7 Å². The van der Waals surface area contributed by atoms with E-state index >= 15 is 0 Å². The molecule has 3 rings (SSSR count). The summed E-state index contributed by atoms with van der Waals surface area (Å²) in [5, 5.41) is 6.85. The fraction of sp³-hybridized carbons (Fsp3) is 1.00. The van der Waals surface area contributed by atoms with Gasteiger partial charge in [-0.25, -0.2) is 8.42 Å². The number of rotatable bonds is 3. The maximum absolute atomic E-state index is 11.0. The van der Waals surface area contributed by atoms with Gasteiger partial charge in [0.05, 0.1) is 6.61 Å². The van der Waals surface area contributed by atoms with Gasteiger partial charge in [0.25, 0.3) is 0 Å². The molecular weight excluding hydrogens is 389 g/mol. The Labute approximate surface area is 174 Å². The number of ether oxygens (including phenoxy) is 5. The summed E-state index contributed by atoms with van der Waals surface area (Å²) in [4.78, 5) is 0. The number of hydrogen-bond donors (Lipinski definition) is 0. The predicted octanol–water partition coefficient (Wildman–Crippen LogP) is -4.77. The van der Waals surface area contributed by atoms with Crippen LogP contribution in [0, 0.1) is 0 Å². The fourth-order valence-electron chi connectivity index (χ4n) is 3.11. The first-order valence-corrected chi connectivity index (χ1v) is 8.34. The van der Waals surface area contributed by atoms with Gasteiger partial charge < -0.3 is 45.3 Å².